The minimum absolute atomic E-state index is 0.248. The van der Waals surface area contributed by atoms with Crippen molar-refractivity contribution in [3.05, 3.63) is 89.7 Å². The van der Waals surface area contributed by atoms with Gasteiger partial charge in [0, 0.05) is 23.6 Å². The molecule has 0 radical (unpaired) electrons. The van der Waals surface area contributed by atoms with Crippen LogP contribution < -0.4 is 15.5 Å². The van der Waals surface area contributed by atoms with Crippen LogP contribution in [0.5, 0.6) is 5.75 Å². The number of hydrogen-bond acceptors (Lipinski definition) is 7. The molecule has 4 aromatic carbocycles. The van der Waals surface area contributed by atoms with Crippen LogP contribution in [0, 0.1) is 17.5 Å². The zero-order valence-electron chi connectivity index (χ0n) is 22.7. The molecule has 3 N–H and O–H groups in total. The number of benzene rings is 4. The summed E-state index contributed by atoms with van der Waals surface area (Å²) in [7, 11) is 0. The van der Waals surface area contributed by atoms with Crippen molar-refractivity contribution in [2.45, 2.75) is 19.3 Å². The van der Waals surface area contributed by atoms with E-state index in [1.54, 1.807) is 36.4 Å². The summed E-state index contributed by atoms with van der Waals surface area (Å²) in [5.41, 5.74) is 2.69. The Labute approximate surface area is 251 Å². The molecule has 43 heavy (non-hydrogen) atoms. The van der Waals surface area contributed by atoms with Gasteiger partial charge in [-0.15, -0.1) is 11.3 Å². The number of para-hydroxylation sites is 2. The smallest absolute Gasteiger partial charge is 0.325 e. The van der Waals surface area contributed by atoms with E-state index in [2.05, 4.69) is 20.6 Å². The third kappa shape index (κ3) is 4.72. The van der Waals surface area contributed by atoms with E-state index in [0.717, 1.165) is 17.4 Å². The van der Waals surface area contributed by atoms with Crippen molar-refractivity contribution in [1.82, 2.24) is 9.97 Å². The van der Waals surface area contributed by atoms with Gasteiger partial charge in [-0.25, -0.2) is 27.9 Å². The Bertz CT molecular complexity index is 2090. The summed E-state index contributed by atoms with van der Waals surface area (Å²) in [6.07, 6.45) is 0. The summed E-state index contributed by atoms with van der Waals surface area (Å²) < 4.78 is 44.3. The number of nitrogens with zero attached hydrogens (tertiary/aromatic N) is 3. The van der Waals surface area contributed by atoms with Crippen LogP contribution in [0.2, 0.25) is 0 Å². The van der Waals surface area contributed by atoms with Crippen molar-refractivity contribution in [1.29, 1.82) is 0 Å². The molecule has 0 unspecified atom stereocenters. The van der Waals surface area contributed by atoms with Gasteiger partial charge >= 0.3 is 6.03 Å². The number of halogens is 3. The Hall–Kier alpha value is -4.68. The molecule has 0 saturated carbocycles. The second-order valence-corrected chi connectivity index (χ2v) is 12.9. The van der Waals surface area contributed by atoms with E-state index in [1.807, 2.05) is 18.7 Å². The lowest BCUT2D eigenvalue weighted by Gasteiger charge is -2.25. The standard InChI is InChI=1S/C31H22F3N5O2S2/c1-31(2)14-39(27-22(40)13-17(34)25(26(27)31)28-35-19-9-7-15(32)11-23(19)42-28)21-6-4-3-5-18(21)36-29(41)38-30-37-20-10-8-16(33)12-24(20)43-30/h3-13,40H,14H2,1-2H3,(H2,36,37,38,41). The number of amides is 2. The Morgan fingerprint density at radius 3 is 2.33 bits per heavy atom. The van der Waals surface area contributed by atoms with Gasteiger partial charge in [-0.2, -0.15) is 0 Å². The second kappa shape index (κ2) is 9.96. The van der Waals surface area contributed by atoms with Crippen LogP contribution >= 0.6 is 22.7 Å². The number of aromatic hydroxyl groups is 1. The van der Waals surface area contributed by atoms with Crippen LogP contribution in [0.1, 0.15) is 19.4 Å². The van der Waals surface area contributed by atoms with Crippen molar-refractivity contribution >= 4 is 71.3 Å². The van der Waals surface area contributed by atoms with Gasteiger partial charge in [-0.3, -0.25) is 5.32 Å². The summed E-state index contributed by atoms with van der Waals surface area (Å²) in [4.78, 5) is 23.8. The van der Waals surface area contributed by atoms with Crippen molar-refractivity contribution in [2.24, 2.45) is 0 Å². The van der Waals surface area contributed by atoms with Gasteiger partial charge in [-0.05, 0) is 48.5 Å². The first-order valence-corrected chi connectivity index (χ1v) is 14.8. The summed E-state index contributed by atoms with van der Waals surface area (Å²) in [5.74, 6) is -1.68. The van der Waals surface area contributed by atoms with Crippen LogP contribution in [0.3, 0.4) is 0 Å². The highest BCUT2D eigenvalue weighted by Gasteiger charge is 2.42. The van der Waals surface area contributed by atoms with Gasteiger partial charge in [-0.1, -0.05) is 37.3 Å². The summed E-state index contributed by atoms with van der Waals surface area (Å²) in [5, 5.41) is 17.3. The van der Waals surface area contributed by atoms with Crippen LogP contribution in [-0.2, 0) is 5.41 Å². The maximum absolute atomic E-state index is 15.7. The molecule has 3 heterocycles. The lowest BCUT2D eigenvalue weighted by molar-refractivity contribution is 0.262. The number of urea groups is 1. The molecule has 6 aromatic rings. The molecule has 1 aliphatic rings. The van der Waals surface area contributed by atoms with Gasteiger partial charge < -0.3 is 15.3 Å². The lowest BCUT2D eigenvalue weighted by atomic mass is 9.83. The van der Waals surface area contributed by atoms with E-state index in [9.17, 15) is 18.7 Å². The van der Waals surface area contributed by atoms with E-state index in [1.165, 1.54) is 35.6 Å². The summed E-state index contributed by atoms with van der Waals surface area (Å²) >= 11 is 2.33. The van der Waals surface area contributed by atoms with E-state index in [-0.39, 0.29) is 11.3 Å². The molecule has 216 valence electrons. The fourth-order valence-electron chi connectivity index (χ4n) is 5.55. The molecule has 0 spiro atoms. The maximum Gasteiger partial charge on any atom is 0.325 e. The minimum Gasteiger partial charge on any atom is -0.506 e. The monoisotopic (exact) mass is 617 g/mol. The number of fused-ring (bicyclic) bond motifs is 3. The maximum atomic E-state index is 15.7. The fraction of sp³-hybridized carbons (Fsp3) is 0.129. The number of phenols is 1. The van der Waals surface area contributed by atoms with E-state index in [0.29, 0.717) is 59.7 Å². The summed E-state index contributed by atoms with van der Waals surface area (Å²) in [6, 6.07) is 16.0. The molecule has 7 nitrogen and oxygen atoms in total. The van der Waals surface area contributed by atoms with Gasteiger partial charge in [0.1, 0.15) is 28.2 Å². The Kier molecular flexibility index (Phi) is 6.29. The van der Waals surface area contributed by atoms with Crippen molar-refractivity contribution < 1.29 is 23.1 Å². The van der Waals surface area contributed by atoms with Gasteiger partial charge in [0.05, 0.1) is 43.1 Å². The number of carbonyl (C=O) groups excluding carboxylic acids is 1. The molecule has 7 rings (SSSR count). The molecule has 2 aromatic heterocycles. The fourth-order valence-corrected chi connectivity index (χ4v) is 7.48. The molecular formula is C31H22F3N5O2S2. The Morgan fingerprint density at radius 1 is 0.907 bits per heavy atom. The van der Waals surface area contributed by atoms with Crippen molar-refractivity contribution in [3.63, 3.8) is 0 Å². The van der Waals surface area contributed by atoms with Crippen LogP contribution in [0.15, 0.2) is 66.7 Å². The topological polar surface area (TPSA) is 90.4 Å². The highest BCUT2D eigenvalue weighted by atomic mass is 32.1. The average Bonchev–Trinajstić information content (AvgIpc) is 3.61. The quantitative estimate of drug-likeness (QED) is 0.184. The van der Waals surface area contributed by atoms with Gasteiger partial charge in [0.25, 0.3) is 0 Å². The number of anilines is 4. The third-order valence-electron chi connectivity index (χ3n) is 7.31. The number of hydrogen-bond donors (Lipinski definition) is 3. The predicted octanol–water partition coefficient (Wildman–Crippen LogP) is 8.77. The first kappa shape index (κ1) is 27.2. The first-order chi connectivity index (χ1) is 20.6. The number of carbonyl (C=O) groups is 1. The number of rotatable bonds is 4. The molecule has 2 amide bonds. The average molecular weight is 618 g/mol. The lowest BCUT2D eigenvalue weighted by Crippen LogP contribution is -2.27. The van der Waals surface area contributed by atoms with E-state index < -0.39 is 28.9 Å². The predicted molar refractivity (Wildman–Crippen MR) is 165 cm³/mol. The molecular weight excluding hydrogens is 596 g/mol. The summed E-state index contributed by atoms with van der Waals surface area (Å²) in [6.45, 7) is 4.25. The van der Waals surface area contributed by atoms with Gasteiger partial charge in [0.2, 0.25) is 0 Å². The molecule has 1 aliphatic heterocycles. The third-order valence-corrected chi connectivity index (χ3v) is 9.28. The van der Waals surface area contributed by atoms with E-state index in [4.69, 9.17) is 0 Å². The largest absolute Gasteiger partial charge is 0.506 e. The number of nitrogens with one attached hydrogen (secondary N) is 2. The molecule has 0 fully saturated rings. The van der Waals surface area contributed by atoms with Crippen molar-refractivity contribution in [2.75, 3.05) is 22.1 Å². The van der Waals surface area contributed by atoms with Crippen LogP contribution in [0.4, 0.5) is 40.2 Å². The SMILES string of the molecule is CC1(C)CN(c2ccccc2NC(=O)Nc2nc3ccc(F)cc3s2)c2c(O)cc(F)c(-c3nc4ccc(F)cc4s3)c21. The van der Waals surface area contributed by atoms with Crippen LogP contribution in [-0.4, -0.2) is 27.7 Å². The molecule has 0 saturated heterocycles. The minimum atomic E-state index is -0.654. The zero-order chi connectivity index (χ0) is 30.0. The Balaban J connectivity index is 1.26. The molecule has 0 atom stereocenters. The molecule has 12 heteroatoms. The van der Waals surface area contributed by atoms with Crippen LogP contribution in [0.25, 0.3) is 31.0 Å². The highest BCUT2D eigenvalue weighted by Crippen LogP contribution is 2.55. The molecule has 0 aliphatic carbocycles. The first-order valence-electron chi connectivity index (χ1n) is 13.2. The normalized spacial score (nSPS) is 13.9. The van der Waals surface area contributed by atoms with E-state index >= 15 is 4.39 Å². The number of phenolic OH excluding ortho intramolecular Hbond substituents is 1. The second-order valence-electron chi connectivity index (χ2n) is 10.8. The zero-order valence-corrected chi connectivity index (χ0v) is 24.3. The van der Waals surface area contributed by atoms with Gasteiger partial charge in [0.15, 0.2) is 5.13 Å². The van der Waals surface area contributed by atoms with Crippen molar-refractivity contribution in [3.8, 4) is 16.3 Å². The number of aromatic nitrogens is 2. The highest BCUT2D eigenvalue weighted by molar-refractivity contribution is 7.22. The number of thiazole rings is 2. The molecule has 0 bridgehead atoms. The Morgan fingerprint density at radius 2 is 1.58 bits per heavy atom.